The van der Waals surface area contributed by atoms with Crippen molar-refractivity contribution in [2.24, 2.45) is 0 Å². The molecule has 1 heterocycles. The molecule has 1 aliphatic rings. The van der Waals surface area contributed by atoms with E-state index in [-0.39, 0.29) is 16.4 Å². The minimum Gasteiger partial charge on any atom is -0.286 e. The summed E-state index contributed by atoms with van der Waals surface area (Å²) < 4.78 is 0. The van der Waals surface area contributed by atoms with E-state index in [1.165, 1.54) is 12.8 Å². The van der Waals surface area contributed by atoms with Crippen LogP contribution < -0.4 is 5.32 Å². The SMILES string of the molecule is CC/C=C\C/C=C\C/C=C\C/C=C\C/C=C\CCCCCCC1SC(=O)NC1=O. The van der Waals surface area contributed by atoms with Gasteiger partial charge in [-0.05, 0) is 51.4 Å². The second-order valence-electron chi connectivity index (χ2n) is 7.08. The Morgan fingerprint density at radius 2 is 1.24 bits per heavy atom. The average Bonchev–Trinajstić information content (AvgIpc) is 3.03. The highest BCUT2D eigenvalue weighted by Crippen LogP contribution is 2.24. The maximum Gasteiger partial charge on any atom is 0.286 e. The van der Waals surface area contributed by atoms with Crippen molar-refractivity contribution in [1.82, 2.24) is 5.32 Å². The molecule has 3 nitrogen and oxygen atoms in total. The third-order valence-electron chi connectivity index (χ3n) is 4.51. The standard InChI is InChI=1S/C25H37NO2S/c1-2-3-4-5-6-7-8-9-10-11-12-13-14-15-16-17-18-19-20-21-22-23-24(27)26-25(28)29-23/h3-4,6-7,9-10,12-13,15-16,23H,2,5,8,11,14,17-22H2,1H3,(H,26,27,28)/b4-3-,7-6-,10-9-,13-12-,16-15-. The summed E-state index contributed by atoms with van der Waals surface area (Å²) in [5.74, 6) is -0.112. The molecule has 1 aliphatic heterocycles. The summed E-state index contributed by atoms with van der Waals surface area (Å²) in [6, 6.07) is 0. The fourth-order valence-electron chi connectivity index (χ4n) is 2.90. The summed E-state index contributed by atoms with van der Waals surface area (Å²) in [7, 11) is 0. The van der Waals surface area contributed by atoms with E-state index in [4.69, 9.17) is 0 Å². The molecule has 160 valence electrons. The third kappa shape index (κ3) is 14.8. The molecule has 0 bridgehead atoms. The quantitative estimate of drug-likeness (QED) is 0.210. The molecule has 4 heteroatoms. The van der Waals surface area contributed by atoms with Gasteiger partial charge in [-0.15, -0.1) is 0 Å². The van der Waals surface area contributed by atoms with Gasteiger partial charge in [0.2, 0.25) is 5.91 Å². The molecule has 1 N–H and O–H groups in total. The fraction of sp³-hybridized carbons (Fsp3) is 0.520. The van der Waals surface area contributed by atoms with E-state index in [0.29, 0.717) is 0 Å². The van der Waals surface area contributed by atoms with Gasteiger partial charge in [0.1, 0.15) is 0 Å². The summed E-state index contributed by atoms with van der Waals surface area (Å²) in [5.41, 5.74) is 0. The normalized spacial score (nSPS) is 17.9. The summed E-state index contributed by atoms with van der Waals surface area (Å²) in [6.07, 6.45) is 33.8. The first-order valence-electron chi connectivity index (χ1n) is 11.0. The number of carbonyl (C=O) groups excluding carboxylic acids is 2. The lowest BCUT2D eigenvalue weighted by Gasteiger charge is -2.04. The molecule has 1 unspecified atom stereocenters. The van der Waals surface area contributed by atoms with E-state index in [9.17, 15) is 9.59 Å². The van der Waals surface area contributed by atoms with E-state index in [1.807, 2.05) is 0 Å². The largest absolute Gasteiger partial charge is 0.286 e. The van der Waals surface area contributed by atoms with Crippen LogP contribution in [0.15, 0.2) is 60.8 Å². The third-order valence-corrected chi connectivity index (χ3v) is 5.56. The van der Waals surface area contributed by atoms with Gasteiger partial charge in [-0.1, -0.05) is 98.7 Å². The van der Waals surface area contributed by atoms with E-state index in [0.717, 1.165) is 69.5 Å². The predicted octanol–water partition coefficient (Wildman–Crippen LogP) is 7.43. The van der Waals surface area contributed by atoms with Crippen LogP contribution in [-0.2, 0) is 4.79 Å². The lowest BCUT2D eigenvalue weighted by Crippen LogP contribution is -2.23. The first-order valence-corrected chi connectivity index (χ1v) is 11.9. The number of hydrogen-bond acceptors (Lipinski definition) is 3. The van der Waals surface area contributed by atoms with Gasteiger partial charge in [0, 0.05) is 0 Å². The van der Waals surface area contributed by atoms with E-state index in [1.54, 1.807) is 0 Å². The van der Waals surface area contributed by atoms with Crippen LogP contribution in [0, 0.1) is 0 Å². The molecule has 0 aliphatic carbocycles. The highest BCUT2D eigenvalue weighted by Gasteiger charge is 2.30. The number of hydrogen-bond donors (Lipinski definition) is 1. The molecule has 1 atom stereocenters. The first-order chi connectivity index (χ1) is 14.2. The van der Waals surface area contributed by atoms with Crippen LogP contribution in [0.3, 0.4) is 0 Å². The topological polar surface area (TPSA) is 46.2 Å². The van der Waals surface area contributed by atoms with Crippen molar-refractivity contribution in [2.75, 3.05) is 0 Å². The van der Waals surface area contributed by atoms with Crippen molar-refractivity contribution in [3.05, 3.63) is 60.8 Å². The summed E-state index contributed by atoms with van der Waals surface area (Å²) >= 11 is 1.14. The highest BCUT2D eigenvalue weighted by atomic mass is 32.2. The molecule has 1 fully saturated rings. The second kappa shape index (κ2) is 18.2. The number of rotatable bonds is 16. The molecule has 2 amide bonds. The zero-order valence-corrected chi connectivity index (χ0v) is 18.7. The molecule has 0 saturated carbocycles. The van der Waals surface area contributed by atoms with Crippen LogP contribution >= 0.6 is 11.8 Å². The predicted molar refractivity (Wildman–Crippen MR) is 127 cm³/mol. The van der Waals surface area contributed by atoms with Crippen molar-refractivity contribution in [1.29, 1.82) is 0 Å². The Morgan fingerprint density at radius 3 is 1.76 bits per heavy atom. The van der Waals surface area contributed by atoms with Gasteiger partial charge >= 0.3 is 0 Å². The van der Waals surface area contributed by atoms with Crippen LogP contribution in [0.4, 0.5) is 4.79 Å². The van der Waals surface area contributed by atoms with Crippen molar-refractivity contribution in [3.8, 4) is 0 Å². The summed E-state index contributed by atoms with van der Waals surface area (Å²) in [5, 5.41) is 1.99. The Labute approximate surface area is 181 Å². The minimum absolute atomic E-state index is 0.112. The average molecular weight is 416 g/mol. The molecular weight excluding hydrogens is 378 g/mol. The number of allylic oxidation sites excluding steroid dienone is 10. The monoisotopic (exact) mass is 415 g/mol. The molecule has 29 heavy (non-hydrogen) atoms. The Balaban J connectivity index is 1.88. The first kappa shape index (κ1) is 25.2. The molecule has 0 aromatic heterocycles. The molecule has 0 aromatic rings. The van der Waals surface area contributed by atoms with Gasteiger partial charge in [0.25, 0.3) is 5.24 Å². The second-order valence-corrected chi connectivity index (χ2v) is 8.26. The fourth-order valence-corrected chi connectivity index (χ4v) is 3.77. The Morgan fingerprint density at radius 1 is 0.724 bits per heavy atom. The molecule has 1 rings (SSSR count). The van der Waals surface area contributed by atoms with Crippen LogP contribution in [0.5, 0.6) is 0 Å². The van der Waals surface area contributed by atoms with Crippen LogP contribution in [0.2, 0.25) is 0 Å². The van der Waals surface area contributed by atoms with Crippen LogP contribution in [-0.4, -0.2) is 16.4 Å². The zero-order chi connectivity index (χ0) is 21.0. The van der Waals surface area contributed by atoms with Gasteiger partial charge in [-0.2, -0.15) is 0 Å². The highest BCUT2D eigenvalue weighted by molar-refractivity contribution is 8.15. The van der Waals surface area contributed by atoms with Crippen molar-refractivity contribution in [2.45, 2.75) is 82.8 Å². The number of imide groups is 1. The van der Waals surface area contributed by atoms with Crippen molar-refractivity contribution >= 4 is 22.9 Å². The van der Waals surface area contributed by atoms with E-state index in [2.05, 4.69) is 73.0 Å². The maximum absolute atomic E-state index is 11.4. The lowest BCUT2D eigenvalue weighted by molar-refractivity contribution is -0.119. The van der Waals surface area contributed by atoms with E-state index < -0.39 is 0 Å². The van der Waals surface area contributed by atoms with Crippen LogP contribution in [0.1, 0.15) is 77.6 Å². The maximum atomic E-state index is 11.4. The number of carbonyl (C=O) groups is 2. The van der Waals surface area contributed by atoms with Gasteiger partial charge in [-0.25, -0.2) is 0 Å². The van der Waals surface area contributed by atoms with Crippen molar-refractivity contribution in [3.63, 3.8) is 0 Å². The zero-order valence-electron chi connectivity index (χ0n) is 17.9. The number of thioether (sulfide) groups is 1. The molecule has 0 radical (unpaired) electrons. The van der Waals surface area contributed by atoms with Gasteiger partial charge in [0.15, 0.2) is 0 Å². The Hall–Kier alpha value is -1.81. The summed E-state index contributed by atoms with van der Waals surface area (Å²) in [4.78, 5) is 22.5. The van der Waals surface area contributed by atoms with Gasteiger partial charge in [0.05, 0.1) is 5.25 Å². The Kier molecular flexibility index (Phi) is 15.9. The molecule has 0 spiro atoms. The Bertz CT molecular complexity index is 602. The van der Waals surface area contributed by atoms with Crippen molar-refractivity contribution < 1.29 is 9.59 Å². The van der Waals surface area contributed by atoms with Crippen LogP contribution in [0.25, 0.3) is 0 Å². The number of amides is 2. The summed E-state index contributed by atoms with van der Waals surface area (Å²) in [6.45, 7) is 2.15. The minimum atomic E-state index is -0.196. The van der Waals surface area contributed by atoms with Gasteiger partial charge in [-0.3, -0.25) is 14.9 Å². The smallest absolute Gasteiger partial charge is 0.286 e. The van der Waals surface area contributed by atoms with Gasteiger partial charge < -0.3 is 0 Å². The number of nitrogens with one attached hydrogen (secondary N) is 1. The van der Waals surface area contributed by atoms with E-state index >= 15 is 0 Å². The molecule has 1 saturated heterocycles. The number of unbranched alkanes of at least 4 members (excludes halogenated alkanes) is 4. The molecular formula is C25H37NO2S. The lowest BCUT2D eigenvalue weighted by atomic mass is 10.1. The molecule has 0 aromatic carbocycles.